The van der Waals surface area contributed by atoms with E-state index in [4.69, 9.17) is 16.3 Å². The zero-order valence-electron chi connectivity index (χ0n) is 11.4. The molecule has 1 aromatic carbocycles. The number of aromatic nitrogens is 2. The van der Waals surface area contributed by atoms with Gasteiger partial charge in [-0.25, -0.2) is 4.79 Å². The summed E-state index contributed by atoms with van der Waals surface area (Å²) in [5.41, 5.74) is 3.39. The number of nitrogens with zero attached hydrogens (tertiary/aromatic N) is 1. The Kier molecular flexibility index (Phi) is 3.62. The lowest BCUT2D eigenvalue weighted by atomic mass is 10.1. The number of ether oxygens (including phenoxy) is 1. The third-order valence-electron chi connectivity index (χ3n) is 3.32. The second-order valence-electron chi connectivity index (χ2n) is 4.72. The van der Waals surface area contributed by atoms with Crippen LogP contribution in [0.5, 0.6) is 0 Å². The molecule has 4 nitrogen and oxygen atoms in total. The van der Waals surface area contributed by atoms with Crippen molar-refractivity contribution in [3.05, 3.63) is 64.6 Å². The van der Waals surface area contributed by atoms with Crippen molar-refractivity contribution in [2.24, 2.45) is 0 Å². The van der Waals surface area contributed by atoms with E-state index in [0.717, 1.165) is 22.2 Å². The first-order valence-corrected chi connectivity index (χ1v) is 6.84. The van der Waals surface area contributed by atoms with Crippen LogP contribution in [-0.2, 0) is 11.2 Å². The summed E-state index contributed by atoms with van der Waals surface area (Å²) in [5, 5.41) is 1.68. The van der Waals surface area contributed by atoms with Gasteiger partial charge < -0.3 is 9.72 Å². The van der Waals surface area contributed by atoms with Gasteiger partial charge in [0.1, 0.15) is 0 Å². The predicted molar refractivity (Wildman–Crippen MR) is 81.7 cm³/mol. The number of carbonyl (C=O) groups excluding carboxylic acids is 1. The van der Waals surface area contributed by atoms with Gasteiger partial charge in [-0.05, 0) is 29.8 Å². The lowest BCUT2D eigenvalue weighted by molar-refractivity contribution is 0.0600. The number of carbonyl (C=O) groups is 1. The highest BCUT2D eigenvalue weighted by atomic mass is 35.5. The second kappa shape index (κ2) is 5.58. The van der Waals surface area contributed by atoms with Gasteiger partial charge in [0.25, 0.3) is 0 Å². The number of hydrogen-bond acceptors (Lipinski definition) is 3. The first kappa shape index (κ1) is 13.6. The third kappa shape index (κ3) is 2.76. The first-order chi connectivity index (χ1) is 10.2. The monoisotopic (exact) mass is 300 g/mol. The van der Waals surface area contributed by atoms with Crippen LogP contribution in [0.1, 0.15) is 21.6 Å². The van der Waals surface area contributed by atoms with E-state index >= 15 is 0 Å². The van der Waals surface area contributed by atoms with Crippen LogP contribution in [0.25, 0.3) is 10.9 Å². The fraction of sp³-hybridized carbons (Fsp3) is 0.125. The fourth-order valence-electron chi connectivity index (χ4n) is 2.27. The van der Waals surface area contributed by atoms with Crippen LogP contribution in [0.15, 0.2) is 42.7 Å². The van der Waals surface area contributed by atoms with Crippen LogP contribution >= 0.6 is 11.6 Å². The largest absolute Gasteiger partial charge is 0.465 e. The minimum atomic E-state index is -0.359. The van der Waals surface area contributed by atoms with Crippen molar-refractivity contribution < 1.29 is 9.53 Å². The quantitative estimate of drug-likeness (QED) is 0.752. The minimum Gasteiger partial charge on any atom is -0.465 e. The van der Waals surface area contributed by atoms with Crippen LogP contribution in [0.2, 0.25) is 5.02 Å². The van der Waals surface area contributed by atoms with E-state index in [-0.39, 0.29) is 5.97 Å². The summed E-state index contributed by atoms with van der Waals surface area (Å²) in [7, 11) is 1.37. The number of H-pyrrole nitrogens is 1. The highest BCUT2D eigenvalue weighted by Crippen LogP contribution is 2.24. The molecule has 0 aliphatic heterocycles. The molecule has 3 rings (SSSR count). The number of benzene rings is 1. The normalized spacial score (nSPS) is 10.8. The molecule has 1 N–H and O–H groups in total. The summed E-state index contributed by atoms with van der Waals surface area (Å²) in [4.78, 5) is 18.9. The SMILES string of the molecule is COC(=O)c1ccnc(Cc2ccc3[nH]cc(Cl)c3c2)c1. The molecule has 5 heteroatoms. The molecule has 0 amide bonds. The summed E-state index contributed by atoms with van der Waals surface area (Å²) in [6.07, 6.45) is 4.01. The molecule has 0 fully saturated rings. The molecule has 2 aromatic heterocycles. The van der Waals surface area contributed by atoms with E-state index in [1.165, 1.54) is 7.11 Å². The first-order valence-electron chi connectivity index (χ1n) is 6.46. The van der Waals surface area contributed by atoms with Crippen molar-refractivity contribution >= 4 is 28.5 Å². The topological polar surface area (TPSA) is 55.0 Å². The summed E-state index contributed by atoms with van der Waals surface area (Å²) in [5.74, 6) is -0.359. The van der Waals surface area contributed by atoms with Crippen molar-refractivity contribution in [1.82, 2.24) is 9.97 Å². The zero-order valence-corrected chi connectivity index (χ0v) is 12.1. The Morgan fingerprint density at radius 1 is 1.33 bits per heavy atom. The van der Waals surface area contributed by atoms with Gasteiger partial charge in [0.05, 0.1) is 17.7 Å². The van der Waals surface area contributed by atoms with Gasteiger partial charge in [0, 0.05) is 35.4 Å². The number of halogens is 1. The molecular formula is C16H13ClN2O2. The smallest absolute Gasteiger partial charge is 0.337 e. The Hall–Kier alpha value is -2.33. The zero-order chi connectivity index (χ0) is 14.8. The van der Waals surface area contributed by atoms with Crippen LogP contribution in [0.3, 0.4) is 0 Å². The van der Waals surface area contributed by atoms with Gasteiger partial charge in [0.15, 0.2) is 0 Å². The maximum absolute atomic E-state index is 11.5. The standard InChI is InChI=1S/C16H13ClN2O2/c1-21-16(20)11-4-5-18-12(8-11)6-10-2-3-15-13(7-10)14(17)9-19-15/h2-5,7-9,19H,6H2,1H3. The molecule has 2 heterocycles. The Morgan fingerprint density at radius 2 is 2.19 bits per heavy atom. The van der Waals surface area contributed by atoms with E-state index in [1.807, 2.05) is 18.2 Å². The number of nitrogens with one attached hydrogen (secondary N) is 1. The van der Waals surface area contributed by atoms with Crippen molar-refractivity contribution in [2.75, 3.05) is 7.11 Å². The molecule has 0 aliphatic rings. The number of aromatic amines is 1. The van der Waals surface area contributed by atoms with Gasteiger partial charge in [-0.1, -0.05) is 17.7 Å². The summed E-state index contributed by atoms with van der Waals surface area (Å²) < 4.78 is 4.72. The molecule has 21 heavy (non-hydrogen) atoms. The van der Waals surface area contributed by atoms with E-state index in [9.17, 15) is 4.79 Å². The molecule has 0 unspecified atom stereocenters. The molecule has 0 saturated carbocycles. The highest BCUT2D eigenvalue weighted by Gasteiger charge is 2.08. The van der Waals surface area contributed by atoms with E-state index in [1.54, 1.807) is 24.5 Å². The van der Waals surface area contributed by atoms with Gasteiger partial charge in [-0.15, -0.1) is 0 Å². The van der Waals surface area contributed by atoms with E-state index in [2.05, 4.69) is 9.97 Å². The van der Waals surface area contributed by atoms with Crippen LogP contribution in [0.4, 0.5) is 0 Å². The molecule has 0 atom stereocenters. The molecule has 0 bridgehead atoms. The van der Waals surface area contributed by atoms with Crippen molar-refractivity contribution in [3.63, 3.8) is 0 Å². The maximum atomic E-state index is 11.5. The summed E-state index contributed by atoms with van der Waals surface area (Å²) in [6.45, 7) is 0. The molecule has 0 radical (unpaired) electrons. The molecule has 0 saturated heterocycles. The van der Waals surface area contributed by atoms with Crippen LogP contribution < -0.4 is 0 Å². The Labute approximate surface area is 126 Å². The van der Waals surface area contributed by atoms with Gasteiger partial charge in [-0.2, -0.15) is 0 Å². The van der Waals surface area contributed by atoms with Crippen molar-refractivity contribution in [3.8, 4) is 0 Å². The number of esters is 1. The minimum absolute atomic E-state index is 0.359. The van der Waals surface area contributed by atoms with Crippen LogP contribution in [0, 0.1) is 0 Å². The van der Waals surface area contributed by atoms with Crippen LogP contribution in [-0.4, -0.2) is 23.0 Å². The molecular weight excluding hydrogens is 288 g/mol. The fourth-order valence-corrected chi connectivity index (χ4v) is 2.48. The molecule has 0 spiro atoms. The average molecular weight is 301 g/mol. The number of pyridine rings is 1. The van der Waals surface area contributed by atoms with Gasteiger partial charge >= 0.3 is 5.97 Å². The Balaban J connectivity index is 1.91. The number of methoxy groups -OCH3 is 1. The third-order valence-corrected chi connectivity index (χ3v) is 3.63. The van der Waals surface area contributed by atoms with Crippen molar-refractivity contribution in [1.29, 1.82) is 0 Å². The Morgan fingerprint density at radius 3 is 3.00 bits per heavy atom. The highest BCUT2D eigenvalue weighted by molar-refractivity contribution is 6.35. The van der Waals surface area contributed by atoms with Crippen molar-refractivity contribution in [2.45, 2.75) is 6.42 Å². The summed E-state index contributed by atoms with van der Waals surface area (Å²) in [6, 6.07) is 9.42. The number of rotatable bonds is 3. The average Bonchev–Trinajstić information content (AvgIpc) is 2.88. The lowest BCUT2D eigenvalue weighted by Crippen LogP contribution is -2.03. The predicted octanol–water partition coefficient (Wildman–Crippen LogP) is 3.59. The maximum Gasteiger partial charge on any atom is 0.337 e. The summed E-state index contributed by atoms with van der Waals surface area (Å²) >= 11 is 6.13. The number of hydrogen-bond donors (Lipinski definition) is 1. The second-order valence-corrected chi connectivity index (χ2v) is 5.13. The number of fused-ring (bicyclic) bond motifs is 1. The van der Waals surface area contributed by atoms with E-state index in [0.29, 0.717) is 17.0 Å². The molecule has 3 aromatic rings. The van der Waals surface area contributed by atoms with E-state index < -0.39 is 0 Å². The molecule has 0 aliphatic carbocycles. The van der Waals surface area contributed by atoms with Gasteiger partial charge in [0.2, 0.25) is 0 Å². The molecule has 106 valence electrons. The van der Waals surface area contributed by atoms with Gasteiger partial charge in [-0.3, -0.25) is 4.98 Å². The Bertz CT molecular complexity index is 811. The lowest BCUT2D eigenvalue weighted by Gasteiger charge is -2.04.